The Bertz CT molecular complexity index is 77.0. The lowest BCUT2D eigenvalue weighted by Crippen LogP contribution is -2.04. The van der Waals surface area contributed by atoms with E-state index in [4.69, 9.17) is 5.11 Å². The van der Waals surface area contributed by atoms with Gasteiger partial charge in [-0.2, -0.15) is 0 Å². The van der Waals surface area contributed by atoms with Gasteiger partial charge in [-0.1, -0.05) is 37.7 Å². The summed E-state index contributed by atoms with van der Waals surface area (Å²) in [4.78, 5) is 0. The molecule has 0 aromatic carbocycles. The third-order valence-corrected chi connectivity index (χ3v) is 4.48. The molecule has 54 valence electrons. The largest absolute Gasteiger partial charge is 0.392 e. The fourth-order valence-corrected chi connectivity index (χ4v) is 2.44. The molecular formula is C7H16OSi. The molecular weight excluding hydrogens is 128 g/mol. The zero-order valence-electron chi connectivity index (χ0n) is 6.30. The van der Waals surface area contributed by atoms with E-state index in [2.05, 4.69) is 19.5 Å². The molecule has 0 saturated carbocycles. The molecule has 0 aliphatic heterocycles. The molecule has 0 spiro atoms. The zero-order chi connectivity index (χ0) is 7.11. The van der Waals surface area contributed by atoms with Crippen molar-refractivity contribution >= 4 is 8.80 Å². The van der Waals surface area contributed by atoms with E-state index in [1.165, 1.54) is 12.1 Å². The van der Waals surface area contributed by atoms with Gasteiger partial charge in [-0.3, -0.25) is 0 Å². The SMILES string of the molecule is CC[SiH](C=CCO)CC. The second-order valence-corrected chi connectivity index (χ2v) is 5.73. The van der Waals surface area contributed by atoms with E-state index in [0.29, 0.717) is 0 Å². The average Bonchev–Trinajstić information content (AvgIpc) is 1.91. The van der Waals surface area contributed by atoms with Gasteiger partial charge in [-0.25, -0.2) is 0 Å². The number of aliphatic hydroxyl groups excluding tert-OH is 1. The molecule has 0 aliphatic carbocycles. The first-order valence-electron chi connectivity index (χ1n) is 3.62. The molecule has 0 bridgehead atoms. The zero-order valence-corrected chi connectivity index (χ0v) is 7.46. The molecule has 1 N–H and O–H groups in total. The second-order valence-electron chi connectivity index (χ2n) is 2.19. The van der Waals surface area contributed by atoms with Crippen LogP contribution < -0.4 is 0 Å². The number of aliphatic hydroxyl groups is 1. The highest BCUT2D eigenvalue weighted by atomic mass is 28.3. The van der Waals surface area contributed by atoms with Gasteiger partial charge in [0.05, 0.1) is 15.4 Å². The van der Waals surface area contributed by atoms with Crippen molar-refractivity contribution in [3.8, 4) is 0 Å². The first-order valence-corrected chi connectivity index (χ1v) is 5.92. The van der Waals surface area contributed by atoms with E-state index >= 15 is 0 Å². The first-order chi connectivity index (χ1) is 4.35. The van der Waals surface area contributed by atoms with Crippen molar-refractivity contribution in [3.63, 3.8) is 0 Å². The lowest BCUT2D eigenvalue weighted by Gasteiger charge is -2.00. The molecule has 0 aliphatic rings. The molecule has 0 atom stereocenters. The first kappa shape index (κ1) is 8.92. The van der Waals surface area contributed by atoms with Gasteiger partial charge in [-0.15, -0.1) is 0 Å². The predicted molar refractivity (Wildman–Crippen MR) is 44.3 cm³/mol. The Morgan fingerprint density at radius 3 is 2.22 bits per heavy atom. The summed E-state index contributed by atoms with van der Waals surface area (Å²) >= 11 is 0. The van der Waals surface area contributed by atoms with Crippen molar-refractivity contribution in [1.82, 2.24) is 0 Å². The van der Waals surface area contributed by atoms with Gasteiger partial charge >= 0.3 is 0 Å². The number of hydrogen-bond donors (Lipinski definition) is 1. The van der Waals surface area contributed by atoms with Crippen LogP contribution in [0.1, 0.15) is 13.8 Å². The third-order valence-electron chi connectivity index (χ3n) is 1.56. The Labute approximate surface area is 59.0 Å². The minimum atomic E-state index is -0.550. The maximum absolute atomic E-state index is 8.44. The number of hydrogen-bond acceptors (Lipinski definition) is 1. The van der Waals surface area contributed by atoms with Crippen molar-refractivity contribution in [2.24, 2.45) is 0 Å². The van der Waals surface area contributed by atoms with Crippen molar-refractivity contribution < 1.29 is 5.11 Å². The van der Waals surface area contributed by atoms with Crippen LogP contribution in [0.25, 0.3) is 0 Å². The van der Waals surface area contributed by atoms with Gasteiger partial charge in [0.15, 0.2) is 0 Å². The Hall–Kier alpha value is -0.0831. The summed E-state index contributed by atoms with van der Waals surface area (Å²) < 4.78 is 0. The predicted octanol–water partition coefficient (Wildman–Crippen LogP) is 1.34. The quantitative estimate of drug-likeness (QED) is 0.590. The normalized spacial score (nSPS) is 11.6. The van der Waals surface area contributed by atoms with Crippen LogP contribution in [0.5, 0.6) is 0 Å². The Morgan fingerprint density at radius 1 is 1.33 bits per heavy atom. The minimum Gasteiger partial charge on any atom is -0.392 e. The van der Waals surface area contributed by atoms with E-state index in [0.717, 1.165) is 0 Å². The van der Waals surface area contributed by atoms with Crippen LogP contribution in [-0.2, 0) is 0 Å². The lowest BCUT2D eigenvalue weighted by molar-refractivity contribution is 0.343. The number of rotatable bonds is 4. The molecule has 0 aromatic heterocycles. The van der Waals surface area contributed by atoms with Gasteiger partial charge in [0.1, 0.15) is 0 Å². The molecule has 0 heterocycles. The summed E-state index contributed by atoms with van der Waals surface area (Å²) in [7, 11) is -0.550. The molecule has 0 radical (unpaired) electrons. The maximum atomic E-state index is 8.44. The molecule has 0 fully saturated rings. The molecule has 0 aromatic rings. The van der Waals surface area contributed by atoms with Gasteiger partial charge in [0.25, 0.3) is 0 Å². The van der Waals surface area contributed by atoms with E-state index < -0.39 is 8.80 Å². The van der Waals surface area contributed by atoms with E-state index in [-0.39, 0.29) is 6.61 Å². The van der Waals surface area contributed by atoms with Crippen LogP contribution in [0.4, 0.5) is 0 Å². The molecule has 1 nitrogen and oxygen atoms in total. The maximum Gasteiger partial charge on any atom is 0.0608 e. The molecule has 0 saturated heterocycles. The summed E-state index contributed by atoms with van der Waals surface area (Å²) in [6.07, 6.45) is 1.88. The molecule has 0 unspecified atom stereocenters. The average molecular weight is 144 g/mol. The summed E-state index contributed by atoms with van der Waals surface area (Å²) in [6, 6.07) is 2.62. The van der Waals surface area contributed by atoms with Crippen LogP contribution in [0.3, 0.4) is 0 Å². The summed E-state index contributed by atoms with van der Waals surface area (Å²) in [5.74, 6) is 0. The fourth-order valence-electron chi connectivity index (χ4n) is 0.814. The smallest absolute Gasteiger partial charge is 0.0608 e. The second kappa shape index (κ2) is 6.04. The van der Waals surface area contributed by atoms with Gasteiger partial charge < -0.3 is 5.11 Å². The highest BCUT2D eigenvalue weighted by Crippen LogP contribution is 1.98. The van der Waals surface area contributed by atoms with Crippen molar-refractivity contribution in [3.05, 3.63) is 11.8 Å². The van der Waals surface area contributed by atoms with Crippen LogP contribution in [0, 0.1) is 0 Å². The molecule has 0 rings (SSSR count). The van der Waals surface area contributed by atoms with Crippen molar-refractivity contribution in [2.75, 3.05) is 6.61 Å². The lowest BCUT2D eigenvalue weighted by atomic mass is 10.7. The van der Waals surface area contributed by atoms with E-state index in [1.807, 2.05) is 6.08 Å². The minimum absolute atomic E-state index is 0.212. The van der Waals surface area contributed by atoms with Crippen LogP contribution >= 0.6 is 0 Å². The van der Waals surface area contributed by atoms with Gasteiger partial charge in [0, 0.05) is 0 Å². The summed E-state index contributed by atoms with van der Waals surface area (Å²) in [5, 5.41) is 8.44. The Morgan fingerprint density at radius 2 is 1.89 bits per heavy atom. The third kappa shape index (κ3) is 4.42. The highest BCUT2D eigenvalue weighted by molar-refractivity contribution is 6.64. The Balaban J connectivity index is 3.41. The summed E-state index contributed by atoms with van der Waals surface area (Å²) in [6.45, 7) is 4.66. The van der Waals surface area contributed by atoms with E-state index in [1.54, 1.807) is 0 Å². The van der Waals surface area contributed by atoms with Crippen LogP contribution in [0.15, 0.2) is 11.8 Å². The summed E-state index contributed by atoms with van der Waals surface area (Å²) in [5.41, 5.74) is 2.22. The topological polar surface area (TPSA) is 20.2 Å². The Kier molecular flexibility index (Phi) is 5.99. The van der Waals surface area contributed by atoms with Crippen LogP contribution in [-0.4, -0.2) is 20.5 Å². The van der Waals surface area contributed by atoms with Crippen molar-refractivity contribution in [1.29, 1.82) is 0 Å². The van der Waals surface area contributed by atoms with Crippen LogP contribution in [0.2, 0.25) is 12.1 Å². The van der Waals surface area contributed by atoms with E-state index in [9.17, 15) is 0 Å². The molecule has 0 amide bonds. The molecule has 9 heavy (non-hydrogen) atoms. The fraction of sp³-hybridized carbons (Fsp3) is 0.714. The highest BCUT2D eigenvalue weighted by Gasteiger charge is 1.96. The van der Waals surface area contributed by atoms with Gasteiger partial charge in [-0.05, 0) is 0 Å². The standard InChI is InChI=1S/C7H16OSi/c1-3-9(4-2)7-5-6-8/h5,7-9H,3-4,6H2,1-2H3. The molecule has 2 heteroatoms. The van der Waals surface area contributed by atoms with Crippen molar-refractivity contribution in [2.45, 2.75) is 25.9 Å². The van der Waals surface area contributed by atoms with Gasteiger partial charge in [0.2, 0.25) is 0 Å². The monoisotopic (exact) mass is 144 g/mol.